The molecule has 2 heteroatoms. The third kappa shape index (κ3) is 15.9. The number of rotatable bonds is 10. The molecular formula is C15H38N2. The molecule has 0 heterocycles. The van der Waals surface area contributed by atoms with Crippen LogP contribution in [0.3, 0.4) is 0 Å². The van der Waals surface area contributed by atoms with Crippen molar-refractivity contribution in [2.24, 2.45) is 11.3 Å². The molecule has 0 saturated carbocycles. The summed E-state index contributed by atoms with van der Waals surface area (Å²) < 4.78 is 0. The summed E-state index contributed by atoms with van der Waals surface area (Å²) in [5, 5.41) is 6.98. The Labute approximate surface area is 112 Å². The first-order valence-corrected chi connectivity index (χ1v) is 7.33. The lowest BCUT2D eigenvalue weighted by Crippen LogP contribution is -2.29. The van der Waals surface area contributed by atoms with Crippen molar-refractivity contribution in [1.29, 1.82) is 0 Å². The zero-order chi connectivity index (χ0) is 13.1. The van der Waals surface area contributed by atoms with Gasteiger partial charge >= 0.3 is 0 Å². The van der Waals surface area contributed by atoms with E-state index < -0.39 is 0 Å². The van der Waals surface area contributed by atoms with Gasteiger partial charge in [-0.3, -0.25) is 0 Å². The summed E-state index contributed by atoms with van der Waals surface area (Å²) in [7, 11) is 0. The van der Waals surface area contributed by atoms with Gasteiger partial charge in [-0.1, -0.05) is 34.6 Å². The predicted molar refractivity (Wildman–Crippen MR) is 82.7 cm³/mol. The molecule has 2 nitrogen and oxygen atoms in total. The number of nitrogens with one attached hydrogen (secondary N) is 2. The van der Waals surface area contributed by atoms with Crippen molar-refractivity contribution in [3.63, 3.8) is 0 Å². The number of hydrogen-bond donors (Lipinski definition) is 2. The van der Waals surface area contributed by atoms with Gasteiger partial charge < -0.3 is 10.6 Å². The molecule has 0 spiro atoms. The molecule has 0 fully saturated rings. The zero-order valence-corrected chi connectivity index (χ0v) is 12.7. The van der Waals surface area contributed by atoms with Crippen LogP contribution in [-0.2, 0) is 0 Å². The second kappa shape index (κ2) is 9.90. The van der Waals surface area contributed by atoms with E-state index in [2.05, 4.69) is 45.3 Å². The summed E-state index contributed by atoms with van der Waals surface area (Å²) in [6.07, 6.45) is 5.24. The highest BCUT2D eigenvalue weighted by Crippen LogP contribution is 2.19. The van der Waals surface area contributed by atoms with Gasteiger partial charge in [0, 0.05) is 15.9 Å². The molecular weight excluding hydrogens is 208 g/mol. The van der Waals surface area contributed by atoms with Crippen molar-refractivity contribution in [3.05, 3.63) is 0 Å². The topological polar surface area (TPSA) is 24.1 Å². The Bertz CT molecular complexity index is 168. The normalized spacial score (nSPS) is 12.4. The Morgan fingerprint density at radius 1 is 0.882 bits per heavy atom. The summed E-state index contributed by atoms with van der Waals surface area (Å²) in [4.78, 5) is 0. The van der Waals surface area contributed by atoms with E-state index in [0.717, 1.165) is 25.6 Å². The highest BCUT2D eigenvalue weighted by Gasteiger charge is 2.08. The molecule has 0 rings (SSSR count). The lowest BCUT2D eigenvalue weighted by Gasteiger charge is -2.17. The van der Waals surface area contributed by atoms with Crippen LogP contribution in [0, 0.1) is 11.3 Å². The van der Waals surface area contributed by atoms with Crippen molar-refractivity contribution < 1.29 is 2.85 Å². The molecule has 0 aliphatic carbocycles. The summed E-state index contributed by atoms with van der Waals surface area (Å²) in [5.41, 5.74) is 0.483. The fourth-order valence-electron chi connectivity index (χ4n) is 1.81. The van der Waals surface area contributed by atoms with E-state index in [4.69, 9.17) is 0 Å². The molecule has 0 atom stereocenters. The minimum Gasteiger partial charge on any atom is -0.315 e. The summed E-state index contributed by atoms with van der Waals surface area (Å²) >= 11 is 0. The van der Waals surface area contributed by atoms with Crippen molar-refractivity contribution >= 4 is 0 Å². The molecule has 0 aliphatic heterocycles. The lowest BCUT2D eigenvalue weighted by molar-refractivity contribution is 0.361. The first-order chi connectivity index (χ1) is 7.92. The molecule has 0 unspecified atom stereocenters. The zero-order valence-electron chi connectivity index (χ0n) is 12.7. The Hall–Kier alpha value is -0.0800. The van der Waals surface area contributed by atoms with Crippen LogP contribution in [0.15, 0.2) is 0 Å². The van der Waals surface area contributed by atoms with E-state index in [1.165, 1.54) is 32.2 Å². The molecule has 0 aromatic rings. The minimum atomic E-state index is 0. The van der Waals surface area contributed by atoms with Crippen LogP contribution in [0.1, 0.15) is 63.2 Å². The fourth-order valence-corrected chi connectivity index (χ4v) is 1.81. The molecule has 17 heavy (non-hydrogen) atoms. The maximum atomic E-state index is 3.50. The van der Waals surface area contributed by atoms with E-state index in [1.807, 2.05) is 0 Å². The van der Waals surface area contributed by atoms with Crippen LogP contribution in [-0.4, -0.2) is 26.2 Å². The van der Waals surface area contributed by atoms with Gasteiger partial charge in [0.1, 0.15) is 0 Å². The second-order valence-corrected chi connectivity index (χ2v) is 6.70. The van der Waals surface area contributed by atoms with Crippen LogP contribution in [0.5, 0.6) is 0 Å². The van der Waals surface area contributed by atoms with Crippen LogP contribution in [0.4, 0.5) is 0 Å². The van der Waals surface area contributed by atoms with Crippen molar-refractivity contribution in [2.75, 3.05) is 26.2 Å². The average molecular weight is 246 g/mol. The van der Waals surface area contributed by atoms with Crippen LogP contribution in [0.25, 0.3) is 0 Å². The Morgan fingerprint density at radius 2 is 1.41 bits per heavy atom. The molecule has 0 aliphatic rings. The van der Waals surface area contributed by atoms with Crippen LogP contribution >= 0.6 is 0 Å². The Kier molecular flexibility index (Phi) is 9.85. The first-order valence-electron chi connectivity index (χ1n) is 7.33. The molecule has 0 radical (unpaired) electrons. The lowest BCUT2D eigenvalue weighted by atomic mass is 9.91. The summed E-state index contributed by atoms with van der Waals surface area (Å²) in [6.45, 7) is 16.0. The quantitative estimate of drug-likeness (QED) is 0.571. The van der Waals surface area contributed by atoms with Gasteiger partial charge in [0.2, 0.25) is 0 Å². The third-order valence-corrected chi connectivity index (χ3v) is 2.89. The van der Waals surface area contributed by atoms with Gasteiger partial charge in [-0.15, -0.1) is 0 Å². The highest BCUT2D eigenvalue weighted by molar-refractivity contribution is 4.62. The van der Waals surface area contributed by atoms with Gasteiger partial charge in [0.25, 0.3) is 0 Å². The second-order valence-electron chi connectivity index (χ2n) is 6.70. The highest BCUT2D eigenvalue weighted by atomic mass is 14.9. The third-order valence-electron chi connectivity index (χ3n) is 2.89. The molecule has 0 bridgehead atoms. The van der Waals surface area contributed by atoms with Gasteiger partial charge in [-0.2, -0.15) is 0 Å². The van der Waals surface area contributed by atoms with Gasteiger partial charge in [0.05, 0.1) is 0 Å². The summed E-state index contributed by atoms with van der Waals surface area (Å²) in [6, 6.07) is 0. The summed E-state index contributed by atoms with van der Waals surface area (Å²) in [5.74, 6) is 0.840. The predicted octanol–water partition coefficient (Wildman–Crippen LogP) is 3.92. The molecule has 108 valence electrons. The van der Waals surface area contributed by atoms with Crippen molar-refractivity contribution in [1.82, 2.24) is 10.6 Å². The van der Waals surface area contributed by atoms with Crippen LogP contribution < -0.4 is 10.6 Å². The van der Waals surface area contributed by atoms with E-state index in [0.29, 0.717) is 5.41 Å². The minimum absolute atomic E-state index is 0. The monoisotopic (exact) mass is 246 g/mol. The number of hydrogen-bond acceptors (Lipinski definition) is 2. The van der Waals surface area contributed by atoms with E-state index in [-0.39, 0.29) is 2.85 Å². The maximum absolute atomic E-state index is 3.50. The van der Waals surface area contributed by atoms with Gasteiger partial charge in [-0.05, 0) is 50.1 Å². The SMILES string of the molecule is CC(C)CCCNCCNCCCC(C)(C)C.[HH].[HH]. The van der Waals surface area contributed by atoms with Gasteiger partial charge in [0.15, 0.2) is 0 Å². The Morgan fingerprint density at radius 3 is 1.88 bits per heavy atom. The first kappa shape index (κ1) is 16.9. The molecule has 0 aromatic carbocycles. The molecule has 0 amide bonds. The van der Waals surface area contributed by atoms with E-state index >= 15 is 0 Å². The van der Waals surface area contributed by atoms with E-state index in [1.54, 1.807) is 0 Å². The Balaban J connectivity index is -0.00000128. The smallest absolute Gasteiger partial charge is 0.00767 e. The van der Waals surface area contributed by atoms with E-state index in [9.17, 15) is 0 Å². The fraction of sp³-hybridized carbons (Fsp3) is 1.00. The maximum Gasteiger partial charge on any atom is 0.00767 e. The molecule has 0 saturated heterocycles. The van der Waals surface area contributed by atoms with Crippen molar-refractivity contribution in [3.8, 4) is 0 Å². The molecule has 0 aromatic heterocycles. The average Bonchev–Trinajstić information content (AvgIpc) is 2.18. The largest absolute Gasteiger partial charge is 0.315 e. The van der Waals surface area contributed by atoms with Crippen molar-refractivity contribution in [2.45, 2.75) is 60.3 Å². The molecule has 2 N–H and O–H groups in total. The standard InChI is InChI=1S/C15H34N2.2H2/c1-14(2)8-6-10-16-12-13-17-11-7-9-15(3,4)5;;/h14,16-17H,6-13H2,1-5H3;2*1H. The van der Waals surface area contributed by atoms with Crippen LogP contribution in [0.2, 0.25) is 0 Å². The van der Waals surface area contributed by atoms with Gasteiger partial charge in [-0.25, -0.2) is 0 Å².